The van der Waals surface area contributed by atoms with E-state index in [1.165, 1.54) is 30.6 Å². The van der Waals surface area contributed by atoms with Crippen molar-refractivity contribution in [1.29, 1.82) is 0 Å². The van der Waals surface area contributed by atoms with Crippen LogP contribution in [0, 0.1) is 6.92 Å². The molecule has 1 aliphatic rings. The first kappa shape index (κ1) is 30.7. The molecule has 3 heterocycles. The predicted octanol–water partition coefficient (Wildman–Crippen LogP) is 2.73. The second kappa shape index (κ2) is 13.1. The Morgan fingerprint density at radius 1 is 0.881 bits per heavy atom. The molecule has 0 spiro atoms. The molecule has 0 aliphatic carbocycles. The van der Waals surface area contributed by atoms with Crippen LogP contribution in [-0.2, 0) is 42.9 Å². The van der Waals surface area contributed by atoms with E-state index >= 15 is 0 Å². The molecular weight excluding hydrogens is 574 g/mol. The van der Waals surface area contributed by atoms with Gasteiger partial charge in [0.15, 0.2) is 18.3 Å². The molecule has 14 heteroatoms. The lowest BCUT2D eigenvalue weighted by molar-refractivity contribution is -0.255. The van der Waals surface area contributed by atoms with Gasteiger partial charge in [-0.2, -0.15) is 0 Å². The first-order valence-corrected chi connectivity index (χ1v) is 13.7. The first-order chi connectivity index (χ1) is 19.9. The van der Waals surface area contributed by atoms with Crippen LogP contribution >= 0.6 is 11.3 Å². The van der Waals surface area contributed by atoms with Gasteiger partial charge < -0.3 is 32.8 Å². The highest BCUT2D eigenvalue weighted by atomic mass is 32.1. The molecule has 13 nitrogen and oxygen atoms in total. The van der Waals surface area contributed by atoms with E-state index < -0.39 is 54.4 Å². The molecule has 0 bridgehead atoms. The summed E-state index contributed by atoms with van der Waals surface area (Å²) in [4.78, 5) is 64.8. The summed E-state index contributed by atoms with van der Waals surface area (Å²) in [5, 5.41) is 2.91. The molecule has 1 saturated heterocycles. The van der Waals surface area contributed by atoms with Crippen molar-refractivity contribution in [3.8, 4) is 17.0 Å². The number of benzene rings is 1. The predicted molar refractivity (Wildman–Crippen MR) is 146 cm³/mol. The van der Waals surface area contributed by atoms with E-state index in [1.807, 2.05) is 6.92 Å². The van der Waals surface area contributed by atoms with Gasteiger partial charge in [-0.05, 0) is 19.1 Å². The Balaban J connectivity index is 1.61. The number of aromatic nitrogens is 1. The molecule has 2 aromatic heterocycles. The van der Waals surface area contributed by atoms with Crippen LogP contribution in [-0.4, -0.2) is 72.6 Å². The van der Waals surface area contributed by atoms with Crippen molar-refractivity contribution in [2.24, 2.45) is 0 Å². The van der Waals surface area contributed by atoms with Crippen LogP contribution in [0.15, 0.2) is 39.1 Å². The summed E-state index contributed by atoms with van der Waals surface area (Å²) >= 11 is 1.42. The average molecular weight is 604 g/mol. The Morgan fingerprint density at radius 3 is 2.07 bits per heavy atom. The van der Waals surface area contributed by atoms with Crippen molar-refractivity contribution < 1.29 is 52.0 Å². The third kappa shape index (κ3) is 7.31. The molecule has 0 saturated carbocycles. The van der Waals surface area contributed by atoms with E-state index in [4.69, 9.17) is 32.8 Å². The monoisotopic (exact) mass is 603 g/mol. The minimum absolute atomic E-state index is 0.245. The summed E-state index contributed by atoms with van der Waals surface area (Å²) in [6.45, 7) is 5.87. The molecule has 5 atom stereocenters. The van der Waals surface area contributed by atoms with Crippen LogP contribution in [0.1, 0.15) is 32.7 Å². The Hall–Kier alpha value is -4.30. The quantitative estimate of drug-likeness (QED) is 0.259. The minimum Gasteiger partial charge on any atom is -0.491 e. The van der Waals surface area contributed by atoms with Crippen LogP contribution in [0.2, 0.25) is 0 Å². The SMILES string of the molecule is CC(=O)OC[C@@H]1O[C@H](COc2ccc3c(=O)c(-c4csc(C)n4)coc3c2)[C@@H](OC(C)=O)[C@H](OC(C)=O)[C@@H]1OC(C)=O. The van der Waals surface area contributed by atoms with Gasteiger partial charge in [0.1, 0.15) is 43.0 Å². The van der Waals surface area contributed by atoms with Gasteiger partial charge in [-0.1, -0.05) is 0 Å². The number of esters is 4. The molecule has 1 fully saturated rings. The van der Waals surface area contributed by atoms with Crippen LogP contribution in [0.3, 0.4) is 0 Å². The molecule has 3 aromatic rings. The van der Waals surface area contributed by atoms with E-state index in [9.17, 15) is 24.0 Å². The number of carbonyl (C=O) groups is 4. The molecule has 0 radical (unpaired) electrons. The molecule has 224 valence electrons. The highest BCUT2D eigenvalue weighted by Gasteiger charge is 2.52. The topological polar surface area (TPSA) is 167 Å². The van der Waals surface area contributed by atoms with Crippen molar-refractivity contribution in [3.05, 3.63) is 45.1 Å². The largest absolute Gasteiger partial charge is 0.491 e. The maximum absolute atomic E-state index is 13.1. The summed E-state index contributed by atoms with van der Waals surface area (Å²) < 4.78 is 39.0. The van der Waals surface area contributed by atoms with Gasteiger partial charge in [0.2, 0.25) is 5.43 Å². The van der Waals surface area contributed by atoms with Crippen molar-refractivity contribution in [2.75, 3.05) is 13.2 Å². The molecule has 0 amide bonds. The second-order valence-electron chi connectivity index (χ2n) is 9.44. The summed E-state index contributed by atoms with van der Waals surface area (Å²) in [7, 11) is 0. The average Bonchev–Trinajstić information content (AvgIpc) is 3.34. The summed E-state index contributed by atoms with van der Waals surface area (Å²) in [5.74, 6) is -2.51. The first-order valence-electron chi connectivity index (χ1n) is 12.8. The Kier molecular flexibility index (Phi) is 9.58. The lowest BCUT2D eigenvalue weighted by atomic mass is 9.94. The van der Waals surface area contributed by atoms with E-state index in [2.05, 4.69) is 4.98 Å². The fourth-order valence-corrected chi connectivity index (χ4v) is 5.11. The minimum atomic E-state index is -1.30. The zero-order chi connectivity index (χ0) is 30.6. The molecular formula is C28H29NO12S. The van der Waals surface area contributed by atoms with E-state index in [0.29, 0.717) is 16.6 Å². The summed E-state index contributed by atoms with van der Waals surface area (Å²) in [6.07, 6.45) is -4.65. The zero-order valence-electron chi connectivity index (χ0n) is 23.4. The Labute approximate surface area is 243 Å². The van der Waals surface area contributed by atoms with E-state index in [1.54, 1.807) is 17.5 Å². The van der Waals surface area contributed by atoms with Crippen LogP contribution < -0.4 is 10.2 Å². The van der Waals surface area contributed by atoms with Crippen LogP contribution in [0.4, 0.5) is 0 Å². The fourth-order valence-electron chi connectivity index (χ4n) is 4.49. The van der Waals surface area contributed by atoms with Gasteiger partial charge in [0.25, 0.3) is 0 Å². The number of rotatable bonds is 9. The second-order valence-corrected chi connectivity index (χ2v) is 10.5. The molecule has 4 rings (SSSR count). The van der Waals surface area contributed by atoms with Gasteiger partial charge in [-0.3, -0.25) is 24.0 Å². The highest BCUT2D eigenvalue weighted by Crippen LogP contribution is 2.31. The number of thiazole rings is 1. The van der Waals surface area contributed by atoms with Crippen molar-refractivity contribution in [3.63, 3.8) is 0 Å². The Bertz CT molecular complexity index is 1550. The van der Waals surface area contributed by atoms with E-state index in [-0.39, 0.29) is 30.0 Å². The maximum atomic E-state index is 13.1. The zero-order valence-corrected chi connectivity index (χ0v) is 24.3. The number of hydrogen-bond donors (Lipinski definition) is 0. The molecule has 0 unspecified atom stereocenters. The number of hydrogen-bond acceptors (Lipinski definition) is 14. The normalized spacial score (nSPS) is 21.8. The van der Waals surface area contributed by atoms with Gasteiger partial charge >= 0.3 is 23.9 Å². The van der Waals surface area contributed by atoms with Crippen molar-refractivity contribution in [1.82, 2.24) is 4.98 Å². The summed E-state index contributed by atoms with van der Waals surface area (Å²) in [6, 6.07) is 4.62. The van der Waals surface area contributed by atoms with Gasteiger partial charge in [-0.15, -0.1) is 11.3 Å². The highest BCUT2D eigenvalue weighted by molar-refractivity contribution is 7.09. The number of carbonyl (C=O) groups excluding carboxylic acids is 4. The number of fused-ring (bicyclic) bond motifs is 1. The standard InChI is InChI=1S/C28H29NO12S/c1-13-29-21(12-42-13)20-9-37-22-8-18(6-7-19(22)25(20)34)36-11-24-27(39-16(4)32)28(40-17(5)33)26(38-15(3)31)23(41-24)10-35-14(2)30/h6-9,12,23-24,26-28H,10-11H2,1-5H3/t23-,24+,26+,27+,28+/m0/s1. The maximum Gasteiger partial charge on any atom is 0.303 e. The third-order valence-electron chi connectivity index (χ3n) is 6.14. The van der Waals surface area contributed by atoms with E-state index in [0.717, 1.165) is 25.8 Å². The number of nitrogens with zero attached hydrogens (tertiary/aromatic N) is 1. The smallest absolute Gasteiger partial charge is 0.303 e. The number of ether oxygens (including phenoxy) is 6. The summed E-state index contributed by atoms with van der Waals surface area (Å²) in [5.41, 5.74) is 0.859. The number of aryl methyl sites for hydroxylation is 1. The van der Waals surface area contributed by atoms with Gasteiger partial charge in [0, 0.05) is 39.1 Å². The molecule has 42 heavy (non-hydrogen) atoms. The fraction of sp³-hybridized carbons (Fsp3) is 0.429. The van der Waals surface area contributed by atoms with Gasteiger partial charge in [0.05, 0.1) is 21.7 Å². The van der Waals surface area contributed by atoms with Crippen LogP contribution in [0.25, 0.3) is 22.2 Å². The lowest BCUT2D eigenvalue weighted by Crippen LogP contribution is -2.63. The molecule has 0 N–H and O–H groups in total. The van der Waals surface area contributed by atoms with Crippen molar-refractivity contribution in [2.45, 2.75) is 65.1 Å². The van der Waals surface area contributed by atoms with Crippen molar-refractivity contribution >= 4 is 46.2 Å². The lowest BCUT2D eigenvalue weighted by Gasteiger charge is -2.44. The Morgan fingerprint density at radius 2 is 1.50 bits per heavy atom. The molecule has 1 aromatic carbocycles. The van der Waals surface area contributed by atoms with Gasteiger partial charge in [-0.25, -0.2) is 4.98 Å². The molecule has 1 aliphatic heterocycles. The third-order valence-corrected chi connectivity index (χ3v) is 6.92. The van der Waals surface area contributed by atoms with Crippen LogP contribution in [0.5, 0.6) is 5.75 Å².